The van der Waals surface area contributed by atoms with E-state index >= 15 is 0 Å². The van der Waals surface area contributed by atoms with Gasteiger partial charge in [0.15, 0.2) is 0 Å². The minimum atomic E-state index is -0.367. The van der Waals surface area contributed by atoms with Crippen molar-refractivity contribution in [2.45, 2.75) is 13.8 Å². The second-order valence-corrected chi connectivity index (χ2v) is 8.24. The minimum absolute atomic E-state index is 0.334. The lowest BCUT2D eigenvalue weighted by molar-refractivity contribution is 0.714. The van der Waals surface area contributed by atoms with Crippen LogP contribution in [0, 0.1) is 13.8 Å². The lowest BCUT2D eigenvalue weighted by Gasteiger charge is -2.15. The fourth-order valence-electron chi connectivity index (χ4n) is 3.68. The van der Waals surface area contributed by atoms with E-state index in [1.165, 1.54) is 11.6 Å². The molecule has 0 saturated carbocycles. The van der Waals surface area contributed by atoms with E-state index in [0.717, 1.165) is 31.4 Å². The van der Waals surface area contributed by atoms with Gasteiger partial charge in [-0.05, 0) is 49.2 Å². The van der Waals surface area contributed by atoms with Crippen molar-refractivity contribution in [1.29, 1.82) is 0 Å². The second-order valence-electron chi connectivity index (χ2n) is 7.32. The molecule has 7 heteroatoms. The summed E-state index contributed by atoms with van der Waals surface area (Å²) in [5.74, 6) is 0. The highest BCUT2D eigenvalue weighted by Gasteiger charge is 2.21. The van der Waals surface area contributed by atoms with E-state index in [1.807, 2.05) is 61.0 Å². The van der Waals surface area contributed by atoms with E-state index in [-0.39, 0.29) is 11.2 Å². The van der Waals surface area contributed by atoms with E-state index in [0.29, 0.717) is 22.3 Å². The predicted octanol–water partition coefficient (Wildman–Crippen LogP) is 3.66. The molecular formula is C22H21BrN4O2. The molecule has 4 rings (SSSR count). The van der Waals surface area contributed by atoms with Crippen LogP contribution < -0.4 is 17.0 Å². The number of hydrogen-bond acceptors (Lipinski definition) is 3. The van der Waals surface area contributed by atoms with Gasteiger partial charge >= 0.3 is 5.69 Å². The molecule has 0 amide bonds. The van der Waals surface area contributed by atoms with E-state index in [2.05, 4.69) is 15.9 Å². The van der Waals surface area contributed by atoms with Crippen molar-refractivity contribution in [3.8, 4) is 16.9 Å². The first kappa shape index (κ1) is 19.3. The summed E-state index contributed by atoms with van der Waals surface area (Å²) in [4.78, 5) is 25.6. The molecule has 0 aliphatic heterocycles. The molecule has 0 radical (unpaired) electrons. The van der Waals surface area contributed by atoms with Crippen LogP contribution in [-0.4, -0.2) is 13.7 Å². The Morgan fingerprint density at radius 3 is 2.34 bits per heavy atom. The number of nitrogens with two attached hydrogens (primary N) is 1. The lowest BCUT2D eigenvalue weighted by Crippen LogP contribution is -2.36. The Morgan fingerprint density at radius 2 is 1.66 bits per heavy atom. The molecule has 0 aliphatic rings. The predicted molar refractivity (Wildman–Crippen MR) is 121 cm³/mol. The van der Waals surface area contributed by atoms with Gasteiger partial charge in [-0.25, -0.2) is 4.79 Å². The number of anilines is 1. The molecule has 0 aliphatic carbocycles. The molecule has 0 bridgehead atoms. The Morgan fingerprint density at radius 1 is 0.966 bits per heavy atom. The number of fused-ring (bicyclic) bond motifs is 1. The van der Waals surface area contributed by atoms with Crippen LogP contribution in [0.15, 0.2) is 56.7 Å². The average molecular weight is 453 g/mol. The van der Waals surface area contributed by atoms with Gasteiger partial charge in [0.1, 0.15) is 0 Å². The van der Waals surface area contributed by atoms with Gasteiger partial charge in [-0.1, -0.05) is 28.1 Å². The third kappa shape index (κ3) is 2.93. The molecule has 29 heavy (non-hydrogen) atoms. The van der Waals surface area contributed by atoms with Gasteiger partial charge in [0, 0.05) is 30.3 Å². The topological polar surface area (TPSA) is 74.9 Å². The Labute approximate surface area is 175 Å². The maximum atomic E-state index is 13.1. The summed E-state index contributed by atoms with van der Waals surface area (Å²) in [5, 5.41) is 0.477. The number of aromatic nitrogens is 3. The van der Waals surface area contributed by atoms with Crippen LogP contribution in [0.5, 0.6) is 0 Å². The van der Waals surface area contributed by atoms with Crippen molar-refractivity contribution >= 4 is 32.5 Å². The third-order valence-electron chi connectivity index (χ3n) is 5.44. The summed E-state index contributed by atoms with van der Waals surface area (Å²) in [6, 6.07) is 11.7. The molecule has 0 fully saturated rings. The van der Waals surface area contributed by atoms with Crippen LogP contribution in [-0.2, 0) is 14.1 Å². The molecule has 4 aromatic rings. The van der Waals surface area contributed by atoms with Crippen molar-refractivity contribution in [3.05, 3.63) is 79.0 Å². The maximum Gasteiger partial charge on any atom is 0.330 e. The molecule has 6 nitrogen and oxygen atoms in total. The zero-order valence-electron chi connectivity index (χ0n) is 16.7. The van der Waals surface area contributed by atoms with Gasteiger partial charge in [-0.3, -0.25) is 13.9 Å². The van der Waals surface area contributed by atoms with Gasteiger partial charge in [-0.2, -0.15) is 0 Å². The summed E-state index contributed by atoms with van der Waals surface area (Å²) < 4.78 is 5.43. The number of aryl methyl sites for hydroxylation is 3. The van der Waals surface area contributed by atoms with Crippen LogP contribution in [0.4, 0.5) is 5.69 Å². The van der Waals surface area contributed by atoms with E-state index in [4.69, 9.17) is 5.73 Å². The highest BCUT2D eigenvalue weighted by atomic mass is 79.9. The summed E-state index contributed by atoms with van der Waals surface area (Å²) in [6.07, 6.45) is 1.81. The maximum absolute atomic E-state index is 13.1. The van der Waals surface area contributed by atoms with Crippen LogP contribution >= 0.6 is 15.9 Å². The Kier molecular flexibility index (Phi) is 4.50. The third-order valence-corrected chi connectivity index (χ3v) is 5.93. The Bertz CT molecular complexity index is 1410. The Balaban J connectivity index is 2.24. The molecule has 2 aromatic heterocycles. The summed E-state index contributed by atoms with van der Waals surface area (Å²) in [5.41, 5.74) is 11.3. The van der Waals surface area contributed by atoms with E-state index in [9.17, 15) is 9.59 Å². The molecule has 0 atom stereocenters. The first-order valence-corrected chi connectivity index (χ1v) is 9.94. The fourth-order valence-corrected chi connectivity index (χ4v) is 4.08. The quantitative estimate of drug-likeness (QED) is 0.471. The monoisotopic (exact) mass is 452 g/mol. The second kappa shape index (κ2) is 6.77. The zero-order chi connectivity index (χ0) is 21.0. The molecule has 2 heterocycles. The number of benzene rings is 2. The molecule has 148 valence electrons. The molecule has 2 N–H and O–H groups in total. The molecule has 0 saturated heterocycles. The number of rotatable bonds is 2. The Hall–Kier alpha value is -3.06. The number of nitrogen functional groups attached to an aromatic ring is 1. The molecule has 2 aromatic carbocycles. The normalized spacial score (nSPS) is 11.3. The number of hydrogen-bond donors (Lipinski definition) is 1. The first-order chi connectivity index (χ1) is 13.7. The smallest absolute Gasteiger partial charge is 0.330 e. The van der Waals surface area contributed by atoms with E-state index in [1.54, 1.807) is 7.05 Å². The highest BCUT2D eigenvalue weighted by Crippen LogP contribution is 2.34. The lowest BCUT2D eigenvalue weighted by atomic mass is 10.1. The van der Waals surface area contributed by atoms with Crippen LogP contribution in [0.1, 0.15) is 11.1 Å². The van der Waals surface area contributed by atoms with Crippen molar-refractivity contribution in [2.75, 3.05) is 5.73 Å². The fraction of sp³-hybridized carbons (Fsp3) is 0.182. The standard InChI is InChI=1S/C22H21BrN4O2/c1-12-8-16(24)17(9-13(12)2)27-11-18-19(21(28)26(4)22(29)25(18)3)20(27)14-6-5-7-15(23)10-14/h5-11H,24H2,1-4H3. The summed E-state index contributed by atoms with van der Waals surface area (Å²) in [7, 11) is 3.17. The van der Waals surface area contributed by atoms with Crippen molar-refractivity contribution < 1.29 is 0 Å². The number of halogens is 1. The van der Waals surface area contributed by atoms with Crippen molar-refractivity contribution in [1.82, 2.24) is 13.7 Å². The van der Waals surface area contributed by atoms with Gasteiger partial charge in [0.2, 0.25) is 0 Å². The molecular weight excluding hydrogens is 432 g/mol. The zero-order valence-corrected chi connectivity index (χ0v) is 18.2. The van der Waals surface area contributed by atoms with Gasteiger partial charge < -0.3 is 10.3 Å². The van der Waals surface area contributed by atoms with Crippen LogP contribution in [0.2, 0.25) is 0 Å². The average Bonchev–Trinajstić information content (AvgIpc) is 3.08. The van der Waals surface area contributed by atoms with Gasteiger partial charge in [0.05, 0.1) is 28.0 Å². The van der Waals surface area contributed by atoms with E-state index < -0.39 is 0 Å². The van der Waals surface area contributed by atoms with Gasteiger partial charge in [-0.15, -0.1) is 0 Å². The molecule has 0 unspecified atom stereocenters. The highest BCUT2D eigenvalue weighted by molar-refractivity contribution is 9.10. The SMILES string of the molecule is Cc1cc(N)c(-n2cc3c(c2-c2cccc(Br)c2)c(=O)n(C)c(=O)n3C)cc1C. The summed E-state index contributed by atoms with van der Waals surface area (Å²) >= 11 is 3.51. The van der Waals surface area contributed by atoms with Crippen LogP contribution in [0.3, 0.4) is 0 Å². The largest absolute Gasteiger partial charge is 0.397 e. The molecule has 0 spiro atoms. The van der Waals surface area contributed by atoms with Crippen molar-refractivity contribution in [3.63, 3.8) is 0 Å². The van der Waals surface area contributed by atoms with Gasteiger partial charge in [0.25, 0.3) is 5.56 Å². The van der Waals surface area contributed by atoms with Crippen LogP contribution in [0.25, 0.3) is 27.8 Å². The number of nitrogens with zero attached hydrogens (tertiary/aromatic N) is 3. The summed E-state index contributed by atoms with van der Waals surface area (Å²) in [6.45, 7) is 4.03. The minimum Gasteiger partial charge on any atom is -0.397 e. The first-order valence-electron chi connectivity index (χ1n) is 9.14. The van der Waals surface area contributed by atoms with Crippen molar-refractivity contribution in [2.24, 2.45) is 14.1 Å².